The molecule has 0 amide bonds. The summed E-state index contributed by atoms with van der Waals surface area (Å²) in [5, 5.41) is 4.19. The van der Waals surface area contributed by atoms with E-state index in [1.54, 1.807) is 31.3 Å². The van der Waals surface area contributed by atoms with E-state index in [-0.39, 0.29) is 6.04 Å². The van der Waals surface area contributed by atoms with Crippen LogP contribution in [0.15, 0.2) is 24.5 Å². The SMILES string of the molecule is COc1ccc(CC(NN)c2c(OC)cnn2C)cn1. The Morgan fingerprint density at radius 2 is 2.10 bits per heavy atom. The van der Waals surface area contributed by atoms with Crippen molar-refractivity contribution in [2.75, 3.05) is 14.2 Å². The van der Waals surface area contributed by atoms with Crippen molar-refractivity contribution < 1.29 is 9.47 Å². The highest BCUT2D eigenvalue weighted by Crippen LogP contribution is 2.26. The highest BCUT2D eigenvalue weighted by Gasteiger charge is 2.20. The molecule has 20 heavy (non-hydrogen) atoms. The van der Waals surface area contributed by atoms with Gasteiger partial charge in [-0.1, -0.05) is 6.07 Å². The van der Waals surface area contributed by atoms with Crippen molar-refractivity contribution in [3.63, 3.8) is 0 Å². The summed E-state index contributed by atoms with van der Waals surface area (Å²) in [7, 11) is 5.06. The second-order valence-corrected chi connectivity index (χ2v) is 4.35. The summed E-state index contributed by atoms with van der Waals surface area (Å²) in [5.74, 6) is 6.96. The molecule has 2 rings (SSSR count). The molecule has 0 spiro atoms. The van der Waals surface area contributed by atoms with E-state index in [0.717, 1.165) is 11.3 Å². The van der Waals surface area contributed by atoms with Crippen LogP contribution in [0.4, 0.5) is 0 Å². The van der Waals surface area contributed by atoms with Gasteiger partial charge in [0.15, 0.2) is 5.75 Å². The maximum atomic E-state index is 5.67. The summed E-state index contributed by atoms with van der Waals surface area (Å²) in [5.41, 5.74) is 4.73. The second kappa shape index (κ2) is 6.36. The number of hydrazine groups is 1. The van der Waals surface area contributed by atoms with Gasteiger partial charge in [-0.2, -0.15) is 5.10 Å². The molecule has 7 nitrogen and oxygen atoms in total. The quantitative estimate of drug-likeness (QED) is 0.593. The van der Waals surface area contributed by atoms with Crippen molar-refractivity contribution in [2.45, 2.75) is 12.5 Å². The Morgan fingerprint density at radius 3 is 2.65 bits per heavy atom. The molecule has 3 N–H and O–H groups in total. The van der Waals surface area contributed by atoms with E-state index in [9.17, 15) is 0 Å². The van der Waals surface area contributed by atoms with Gasteiger partial charge in [0.25, 0.3) is 0 Å². The van der Waals surface area contributed by atoms with E-state index >= 15 is 0 Å². The number of ether oxygens (including phenoxy) is 2. The summed E-state index contributed by atoms with van der Waals surface area (Å²) < 4.78 is 12.1. The van der Waals surface area contributed by atoms with Crippen LogP contribution in [-0.4, -0.2) is 29.0 Å². The smallest absolute Gasteiger partial charge is 0.212 e. The van der Waals surface area contributed by atoms with Gasteiger partial charge in [-0.15, -0.1) is 0 Å². The minimum absolute atomic E-state index is 0.118. The standard InChI is InChI=1S/C13H19N5O2/c1-18-13(11(19-2)8-16-18)10(17-14)6-9-4-5-12(20-3)15-7-9/h4-5,7-8,10,17H,6,14H2,1-3H3. The lowest BCUT2D eigenvalue weighted by molar-refractivity contribution is 0.392. The summed E-state index contributed by atoms with van der Waals surface area (Å²) in [4.78, 5) is 4.19. The Kier molecular flexibility index (Phi) is 4.54. The van der Waals surface area contributed by atoms with E-state index in [1.165, 1.54) is 0 Å². The highest BCUT2D eigenvalue weighted by atomic mass is 16.5. The second-order valence-electron chi connectivity index (χ2n) is 4.35. The number of pyridine rings is 1. The van der Waals surface area contributed by atoms with Gasteiger partial charge in [0, 0.05) is 19.3 Å². The van der Waals surface area contributed by atoms with Gasteiger partial charge in [-0.05, 0) is 12.0 Å². The summed E-state index contributed by atoms with van der Waals surface area (Å²) in [6, 6.07) is 3.66. The molecule has 0 saturated heterocycles. The van der Waals surface area contributed by atoms with Crippen molar-refractivity contribution in [1.29, 1.82) is 0 Å². The van der Waals surface area contributed by atoms with Gasteiger partial charge in [-0.3, -0.25) is 16.0 Å². The average molecular weight is 277 g/mol. The molecule has 2 aromatic heterocycles. The zero-order valence-corrected chi connectivity index (χ0v) is 11.8. The largest absolute Gasteiger partial charge is 0.493 e. The van der Waals surface area contributed by atoms with Crippen LogP contribution in [0.1, 0.15) is 17.3 Å². The Morgan fingerprint density at radius 1 is 1.30 bits per heavy atom. The number of hydrogen-bond donors (Lipinski definition) is 2. The molecule has 1 unspecified atom stereocenters. The first kappa shape index (κ1) is 14.3. The maximum absolute atomic E-state index is 5.67. The van der Waals surface area contributed by atoms with E-state index in [1.807, 2.05) is 19.2 Å². The number of aromatic nitrogens is 3. The van der Waals surface area contributed by atoms with E-state index in [4.69, 9.17) is 15.3 Å². The minimum Gasteiger partial charge on any atom is -0.493 e. The number of aryl methyl sites for hydroxylation is 1. The maximum Gasteiger partial charge on any atom is 0.212 e. The number of nitrogens with two attached hydrogens (primary N) is 1. The molecule has 0 bridgehead atoms. The Labute approximate surface area is 117 Å². The van der Waals surface area contributed by atoms with Crippen LogP contribution < -0.4 is 20.7 Å². The molecular weight excluding hydrogens is 258 g/mol. The molecule has 2 heterocycles. The van der Waals surface area contributed by atoms with Gasteiger partial charge < -0.3 is 9.47 Å². The Bertz CT molecular complexity index is 552. The van der Waals surface area contributed by atoms with Crippen molar-refractivity contribution in [1.82, 2.24) is 20.2 Å². The van der Waals surface area contributed by atoms with Crippen LogP contribution >= 0.6 is 0 Å². The van der Waals surface area contributed by atoms with Gasteiger partial charge in [0.2, 0.25) is 5.88 Å². The Hall–Kier alpha value is -2.12. The van der Waals surface area contributed by atoms with E-state index < -0.39 is 0 Å². The molecule has 0 aliphatic rings. The van der Waals surface area contributed by atoms with Gasteiger partial charge >= 0.3 is 0 Å². The fraction of sp³-hybridized carbons (Fsp3) is 0.385. The number of nitrogens with one attached hydrogen (secondary N) is 1. The van der Waals surface area contributed by atoms with Crippen LogP contribution in [0.5, 0.6) is 11.6 Å². The third-order valence-corrected chi connectivity index (χ3v) is 3.15. The van der Waals surface area contributed by atoms with Gasteiger partial charge in [0.05, 0.1) is 32.2 Å². The van der Waals surface area contributed by atoms with Crippen LogP contribution in [-0.2, 0) is 13.5 Å². The third-order valence-electron chi connectivity index (χ3n) is 3.15. The van der Waals surface area contributed by atoms with Crippen molar-refractivity contribution in [3.8, 4) is 11.6 Å². The van der Waals surface area contributed by atoms with Gasteiger partial charge in [-0.25, -0.2) is 4.98 Å². The molecular formula is C13H19N5O2. The zero-order chi connectivity index (χ0) is 14.5. The molecule has 108 valence electrons. The number of hydrogen-bond acceptors (Lipinski definition) is 6. The lowest BCUT2D eigenvalue weighted by Gasteiger charge is -2.17. The van der Waals surface area contributed by atoms with Crippen molar-refractivity contribution in [3.05, 3.63) is 35.8 Å². The van der Waals surface area contributed by atoms with Crippen LogP contribution in [0, 0.1) is 0 Å². The monoisotopic (exact) mass is 277 g/mol. The summed E-state index contributed by atoms with van der Waals surface area (Å²) in [6.07, 6.45) is 4.11. The molecule has 0 aliphatic carbocycles. The topological polar surface area (TPSA) is 87.2 Å². The molecule has 0 aliphatic heterocycles. The molecule has 1 atom stereocenters. The third kappa shape index (κ3) is 2.89. The molecule has 0 saturated carbocycles. The fourth-order valence-corrected chi connectivity index (χ4v) is 2.10. The van der Waals surface area contributed by atoms with Gasteiger partial charge in [0.1, 0.15) is 0 Å². The summed E-state index contributed by atoms with van der Waals surface area (Å²) >= 11 is 0. The molecule has 0 fully saturated rings. The first-order chi connectivity index (χ1) is 9.69. The average Bonchev–Trinajstić information content (AvgIpc) is 2.86. The predicted octanol–water partition coefficient (Wildman–Crippen LogP) is 0.579. The van der Waals surface area contributed by atoms with Crippen molar-refractivity contribution in [2.24, 2.45) is 12.9 Å². The minimum atomic E-state index is -0.118. The fourth-order valence-electron chi connectivity index (χ4n) is 2.10. The molecule has 7 heteroatoms. The van der Waals surface area contributed by atoms with E-state index in [2.05, 4.69) is 15.5 Å². The number of methoxy groups -OCH3 is 2. The Balaban J connectivity index is 2.21. The lowest BCUT2D eigenvalue weighted by atomic mass is 10.0. The first-order valence-electron chi connectivity index (χ1n) is 6.20. The zero-order valence-electron chi connectivity index (χ0n) is 11.8. The number of nitrogens with zero attached hydrogens (tertiary/aromatic N) is 3. The van der Waals surface area contributed by atoms with Crippen LogP contribution in [0.3, 0.4) is 0 Å². The first-order valence-corrected chi connectivity index (χ1v) is 6.20. The summed E-state index contributed by atoms with van der Waals surface area (Å²) in [6.45, 7) is 0. The normalized spacial score (nSPS) is 12.2. The van der Waals surface area contributed by atoms with Crippen LogP contribution in [0.2, 0.25) is 0 Å². The van der Waals surface area contributed by atoms with Crippen LogP contribution in [0.25, 0.3) is 0 Å². The molecule has 0 radical (unpaired) electrons. The predicted molar refractivity (Wildman–Crippen MR) is 74.3 cm³/mol. The highest BCUT2D eigenvalue weighted by molar-refractivity contribution is 5.30. The molecule has 2 aromatic rings. The number of rotatable bonds is 6. The van der Waals surface area contributed by atoms with Crippen molar-refractivity contribution >= 4 is 0 Å². The lowest BCUT2D eigenvalue weighted by Crippen LogP contribution is -2.31. The molecule has 0 aromatic carbocycles. The van der Waals surface area contributed by atoms with E-state index in [0.29, 0.717) is 18.1 Å².